The lowest BCUT2D eigenvalue weighted by atomic mass is 10.1. The van der Waals surface area contributed by atoms with Crippen molar-refractivity contribution < 1.29 is 18.4 Å². The first-order valence-electron chi connectivity index (χ1n) is 7.08. The predicted octanol–water partition coefficient (Wildman–Crippen LogP) is 1.63. The topological polar surface area (TPSA) is 70.8 Å². The van der Waals surface area contributed by atoms with Crippen LogP contribution >= 0.6 is 0 Å². The Morgan fingerprint density at radius 3 is 2.67 bits per heavy atom. The summed E-state index contributed by atoms with van der Waals surface area (Å²) < 4.78 is 28.3. The van der Waals surface area contributed by atoms with Gasteiger partial charge in [-0.05, 0) is 31.0 Å². The van der Waals surface area contributed by atoms with Crippen LogP contribution in [0.25, 0.3) is 0 Å². The fourth-order valence-corrected chi connectivity index (χ4v) is 3.99. The van der Waals surface area contributed by atoms with Crippen molar-refractivity contribution in [3.63, 3.8) is 0 Å². The molecular formula is C15H23NO4S. The third kappa shape index (κ3) is 4.18. The van der Waals surface area contributed by atoms with Gasteiger partial charge in [0.05, 0.1) is 14.2 Å². The summed E-state index contributed by atoms with van der Waals surface area (Å²) in [6.07, 6.45) is 1.68. The van der Waals surface area contributed by atoms with E-state index in [1.807, 2.05) is 18.2 Å². The van der Waals surface area contributed by atoms with Crippen molar-refractivity contribution in [2.24, 2.45) is 5.73 Å². The molecule has 21 heavy (non-hydrogen) atoms. The molecule has 5 nitrogen and oxygen atoms in total. The lowest BCUT2D eigenvalue weighted by Gasteiger charge is -2.23. The van der Waals surface area contributed by atoms with Crippen molar-refractivity contribution in [1.82, 2.24) is 0 Å². The lowest BCUT2D eigenvalue weighted by molar-refractivity contribution is 0.0992. The van der Waals surface area contributed by atoms with Crippen LogP contribution in [0.3, 0.4) is 0 Å². The molecule has 2 rings (SSSR count). The third-order valence-electron chi connectivity index (χ3n) is 3.72. The van der Waals surface area contributed by atoms with Crippen LogP contribution in [-0.2, 0) is 15.5 Å². The van der Waals surface area contributed by atoms with Crippen molar-refractivity contribution in [3.8, 4) is 11.5 Å². The van der Waals surface area contributed by atoms with Crippen molar-refractivity contribution in [2.45, 2.75) is 24.1 Å². The summed E-state index contributed by atoms with van der Waals surface area (Å²) in [6.45, 7) is 1.38. The van der Waals surface area contributed by atoms with Crippen LogP contribution < -0.4 is 15.2 Å². The lowest BCUT2D eigenvalue weighted by Crippen LogP contribution is -2.30. The molecule has 118 valence electrons. The Kier molecular flexibility index (Phi) is 6.02. The van der Waals surface area contributed by atoms with E-state index < -0.39 is 10.8 Å². The molecule has 0 saturated carbocycles. The highest BCUT2D eigenvalue weighted by atomic mass is 32.2. The SMILES string of the molecule is COc1ccc(OC)c(C(N)CS(=O)C2CCOCC2)c1. The first-order valence-corrected chi connectivity index (χ1v) is 8.46. The second-order valence-corrected chi connectivity index (χ2v) is 6.84. The van der Waals surface area contributed by atoms with Crippen LogP contribution in [0.2, 0.25) is 0 Å². The van der Waals surface area contributed by atoms with Gasteiger partial charge in [-0.25, -0.2) is 0 Å². The molecule has 1 saturated heterocycles. The highest BCUT2D eigenvalue weighted by molar-refractivity contribution is 7.85. The number of nitrogens with two attached hydrogens (primary N) is 1. The molecule has 0 bridgehead atoms. The molecule has 1 aliphatic heterocycles. The van der Waals surface area contributed by atoms with Crippen molar-refractivity contribution in [2.75, 3.05) is 33.2 Å². The van der Waals surface area contributed by atoms with E-state index in [9.17, 15) is 4.21 Å². The molecule has 6 heteroatoms. The Morgan fingerprint density at radius 2 is 2.05 bits per heavy atom. The zero-order valence-electron chi connectivity index (χ0n) is 12.5. The van der Waals surface area contributed by atoms with Crippen LogP contribution in [0.5, 0.6) is 11.5 Å². The zero-order chi connectivity index (χ0) is 15.2. The smallest absolute Gasteiger partial charge is 0.123 e. The summed E-state index contributed by atoms with van der Waals surface area (Å²) in [6, 6.07) is 5.17. The van der Waals surface area contributed by atoms with Gasteiger partial charge in [0, 0.05) is 46.6 Å². The van der Waals surface area contributed by atoms with Crippen LogP contribution in [0.15, 0.2) is 18.2 Å². The molecule has 0 aliphatic carbocycles. The number of methoxy groups -OCH3 is 2. The minimum Gasteiger partial charge on any atom is -0.497 e. The van der Waals surface area contributed by atoms with Gasteiger partial charge in [0.15, 0.2) is 0 Å². The second-order valence-electron chi connectivity index (χ2n) is 5.07. The minimum atomic E-state index is -0.957. The molecule has 2 atom stereocenters. The zero-order valence-corrected chi connectivity index (χ0v) is 13.4. The van der Waals surface area contributed by atoms with Crippen LogP contribution in [-0.4, -0.2) is 42.6 Å². The van der Waals surface area contributed by atoms with Crippen LogP contribution in [0, 0.1) is 0 Å². The van der Waals surface area contributed by atoms with Crippen molar-refractivity contribution in [1.29, 1.82) is 0 Å². The van der Waals surface area contributed by atoms with Crippen molar-refractivity contribution >= 4 is 10.8 Å². The molecule has 1 aromatic rings. The Balaban J connectivity index is 2.08. The van der Waals surface area contributed by atoms with Gasteiger partial charge in [0.2, 0.25) is 0 Å². The van der Waals surface area contributed by atoms with Gasteiger partial charge in [0.25, 0.3) is 0 Å². The largest absolute Gasteiger partial charge is 0.497 e. The van der Waals surface area contributed by atoms with E-state index in [0.29, 0.717) is 24.7 Å². The predicted molar refractivity (Wildman–Crippen MR) is 83.3 cm³/mol. The highest BCUT2D eigenvalue weighted by Crippen LogP contribution is 2.29. The first kappa shape index (κ1) is 16.3. The van der Waals surface area contributed by atoms with E-state index in [2.05, 4.69) is 0 Å². The number of rotatable bonds is 6. The summed E-state index contributed by atoms with van der Waals surface area (Å²) in [4.78, 5) is 0. The quantitative estimate of drug-likeness (QED) is 0.864. The first-order chi connectivity index (χ1) is 10.2. The fourth-order valence-electron chi connectivity index (χ4n) is 2.47. The molecule has 2 unspecified atom stereocenters. The molecule has 2 N–H and O–H groups in total. The summed E-state index contributed by atoms with van der Waals surface area (Å²) in [5, 5.41) is 0.182. The number of benzene rings is 1. The average Bonchev–Trinajstić information content (AvgIpc) is 2.54. The van der Waals surface area contributed by atoms with E-state index in [-0.39, 0.29) is 11.3 Å². The number of hydrogen-bond acceptors (Lipinski definition) is 5. The van der Waals surface area contributed by atoms with Crippen LogP contribution in [0.1, 0.15) is 24.4 Å². The Bertz CT molecular complexity index is 489. The maximum absolute atomic E-state index is 12.4. The van der Waals surface area contributed by atoms with Gasteiger partial charge in [0.1, 0.15) is 11.5 Å². The van der Waals surface area contributed by atoms with Gasteiger partial charge in [-0.1, -0.05) is 0 Å². The Morgan fingerprint density at radius 1 is 1.33 bits per heavy atom. The molecule has 1 aliphatic rings. The fraction of sp³-hybridized carbons (Fsp3) is 0.600. The van der Waals surface area contributed by atoms with Gasteiger partial charge in [-0.3, -0.25) is 4.21 Å². The summed E-state index contributed by atoms with van der Waals surface area (Å²) in [5.74, 6) is 1.85. The molecule has 1 fully saturated rings. The maximum atomic E-state index is 12.4. The van der Waals surface area contributed by atoms with Gasteiger partial charge in [-0.2, -0.15) is 0 Å². The molecule has 0 amide bonds. The number of hydrogen-bond donors (Lipinski definition) is 1. The summed E-state index contributed by atoms with van der Waals surface area (Å²) >= 11 is 0. The molecule has 0 aromatic heterocycles. The standard InChI is InChI=1S/C15H23NO4S/c1-18-11-3-4-15(19-2)13(9-11)14(16)10-21(17)12-5-7-20-8-6-12/h3-4,9,12,14H,5-8,10,16H2,1-2H3. The average molecular weight is 313 g/mol. The Hall–Kier alpha value is -1.11. The Labute approximate surface area is 128 Å². The van der Waals surface area contributed by atoms with Crippen molar-refractivity contribution in [3.05, 3.63) is 23.8 Å². The molecule has 1 heterocycles. The van der Waals surface area contributed by atoms with Gasteiger partial charge >= 0.3 is 0 Å². The van der Waals surface area contributed by atoms with Crippen LogP contribution in [0.4, 0.5) is 0 Å². The highest BCUT2D eigenvalue weighted by Gasteiger charge is 2.23. The molecular weight excluding hydrogens is 290 g/mol. The normalized spacial score (nSPS) is 19.0. The molecule has 0 spiro atoms. The minimum absolute atomic E-state index is 0.182. The van der Waals surface area contributed by atoms with E-state index in [1.165, 1.54) is 0 Å². The summed E-state index contributed by atoms with van der Waals surface area (Å²) in [7, 11) is 2.26. The van der Waals surface area contributed by atoms with E-state index in [1.54, 1.807) is 14.2 Å². The van der Waals surface area contributed by atoms with Gasteiger partial charge < -0.3 is 19.9 Å². The molecule has 0 radical (unpaired) electrons. The third-order valence-corrected chi connectivity index (χ3v) is 5.62. The molecule has 1 aromatic carbocycles. The maximum Gasteiger partial charge on any atom is 0.123 e. The monoisotopic (exact) mass is 313 g/mol. The van der Waals surface area contributed by atoms with Gasteiger partial charge in [-0.15, -0.1) is 0 Å². The number of ether oxygens (including phenoxy) is 3. The second kappa shape index (κ2) is 7.77. The van der Waals surface area contributed by atoms with E-state index in [4.69, 9.17) is 19.9 Å². The van der Waals surface area contributed by atoms with E-state index in [0.717, 1.165) is 24.2 Å². The summed E-state index contributed by atoms with van der Waals surface area (Å²) in [5.41, 5.74) is 7.07. The van der Waals surface area contributed by atoms with E-state index >= 15 is 0 Å².